The van der Waals surface area contributed by atoms with Gasteiger partial charge in [-0.05, 0) is 49.8 Å². The average Bonchev–Trinajstić information content (AvgIpc) is 3.23. The van der Waals surface area contributed by atoms with E-state index < -0.39 is 24.0 Å². The summed E-state index contributed by atoms with van der Waals surface area (Å²) < 4.78 is 10.7. The number of hydrogen-bond acceptors (Lipinski definition) is 5. The largest absolute Gasteiger partial charge is 0.507 e. The minimum Gasteiger partial charge on any atom is -0.507 e. The molecule has 0 radical (unpaired) electrons. The third-order valence-electron chi connectivity index (χ3n) is 5.49. The summed E-state index contributed by atoms with van der Waals surface area (Å²) in [6.07, 6.45) is 3.09. The van der Waals surface area contributed by atoms with Crippen molar-refractivity contribution in [1.29, 1.82) is 0 Å². The maximum Gasteiger partial charge on any atom is 0.342 e. The number of phenolic OH excluding ortho intramolecular Hbond substituents is 1. The number of carbonyl (C=O) groups is 2. The van der Waals surface area contributed by atoms with Gasteiger partial charge in [0, 0.05) is 17.7 Å². The van der Waals surface area contributed by atoms with E-state index in [-0.39, 0.29) is 17.9 Å². The Bertz CT molecular complexity index is 792. The molecule has 0 bridgehead atoms. The van der Waals surface area contributed by atoms with Crippen molar-refractivity contribution >= 4 is 11.9 Å². The van der Waals surface area contributed by atoms with Gasteiger partial charge in [0.05, 0.1) is 12.0 Å². The number of carboxylic acid groups (broad SMARTS) is 1. The fourth-order valence-electron chi connectivity index (χ4n) is 4.01. The maximum absolute atomic E-state index is 12.0. The lowest BCUT2D eigenvalue weighted by atomic mass is 9.88. The van der Waals surface area contributed by atoms with E-state index in [4.69, 9.17) is 9.47 Å². The predicted octanol–water partition coefficient (Wildman–Crippen LogP) is 2.91. The van der Waals surface area contributed by atoms with Crippen LogP contribution < -0.4 is 0 Å². The normalized spacial score (nSPS) is 22.4. The van der Waals surface area contributed by atoms with E-state index in [1.807, 2.05) is 26.8 Å². The number of carboxylic acids is 1. The van der Waals surface area contributed by atoms with Gasteiger partial charge in [-0.1, -0.05) is 13.0 Å². The molecule has 2 aliphatic heterocycles. The second kappa shape index (κ2) is 7.11. The Labute approximate surface area is 152 Å². The van der Waals surface area contributed by atoms with Crippen molar-refractivity contribution in [2.75, 3.05) is 6.61 Å². The summed E-state index contributed by atoms with van der Waals surface area (Å²) in [6.45, 7) is 6.43. The number of fused-ring (bicyclic) bond motifs is 1. The van der Waals surface area contributed by atoms with Gasteiger partial charge < -0.3 is 19.7 Å². The second-order valence-electron chi connectivity index (χ2n) is 6.89. The SMILES string of the molecule is CCc1c(C)c2c(c(O)c1CC=C(C)C1OCCC1C(=O)O)C(=O)OC2. The van der Waals surface area contributed by atoms with E-state index in [2.05, 4.69) is 0 Å². The number of benzene rings is 1. The highest BCUT2D eigenvalue weighted by Gasteiger charge is 2.35. The third-order valence-corrected chi connectivity index (χ3v) is 5.49. The quantitative estimate of drug-likeness (QED) is 0.619. The number of rotatable bonds is 5. The zero-order chi connectivity index (χ0) is 19.0. The summed E-state index contributed by atoms with van der Waals surface area (Å²) in [5.74, 6) is -1.90. The summed E-state index contributed by atoms with van der Waals surface area (Å²) >= 11 is 0. The minimum absolute atomic E-state index is 0.0175. The first-order valence-corrected chi connectivity index (χ1v) is 8.91. The zero-order valence-corrected chi connectivity index (χ0v) is 15.3. The van der Waals surface area contributed by atoms with Gasteiger partial charge in [0.25, 0.3) is 0 Å². The number of phenols is 1. The smallest absolute Gasteiger partial charge is 0.342 e. The van der Waals surface area contributed by atoms with E-state index in [1.54, 1.807) is 0 Å². The molecule has 26 heavy (non-hydrogen) atoms. The van der Waals surface area contributed by atoms with Crippen LogP contribution in [0.2, 0.25) is 0 Å². The molecule has 0 amide bonds. The highest BCUT2D eigenvalue weighted by molar-refractivity contribution is 5.97. The van der Waals surface area contributed by atoms with Gasteiger partial charge >= 0.3 is 11.9 Å². The summed E-state index contributed by atoms with van der Waals surface area (Å²) in [4.78, 5) is 23.3. The monoisotopic (exact) mass is 360 g/mol. The third kappa shape index (κ3) is 2.98. The summed E-state index contributed by atoms with van der Waals surface area (Å²) in [5.41, 5.74) is 4.54. The van der Waals surface area contributed by atoms with Gasteiger partial charge in [-0.3, -0.25) is 4.79 Å². The van der Waals surface area contributed by atoms with Gasteiger partial charge in [0.2, 0.25) is 0 Å². The van der Waals surface area contributed by atoms with E-state index in [0.29, 0.717) is 25.0 Å². The first-order valence-electron chi connectivity index (χ1n) is 8.91. The molecule has 0 saturated carbocycles. The van der Waals surface area contributed by atoms with E-state index in [1.165, 1.54) is 0 Å². The maximum atomic E-state index is 12.0. The van der Waals surface area contributed by atoms with Crippen molar-refractivity contribution in [1.82, 2.24) is 0 Å². The Balaban J connectivity index is 1.95. The van der Waals surface area contributed by atoms with Crippen LogP contribution in [0.1, 0.15) is 52.9 Å². The first-order chi connectivity index (χ1) is 12.4. The van der Waals surface area contributed by atoms with Crippen LogP contribution in [0.25, 0.3) is 0 Å². The molecule has 2 heterocycles. The summed E-state index contributed by atoms with van der Waals surface area (Å²) in [5, 5.41) is 20.0. The Morgan fingerprint density at radius 2 is 2.08 bits per heavy atom. The Kier molecular flexibility index (Phi) is 5.05. The molecule has 0 aromatic heterocycles. The molecular weight excluding hydrogens is 336 g/mol. The number of cyclic esters (lactones) is 1. The van der Waals surface area contributed by atoms with Crippen LogP contribution in [0.5, 0.6) is 5.75 Å². The predicted molar refractivity (Wildman–Crippen MR) is 94.3 cm³/mol. The average molecular weight is 360 g/mol. The van der Waals surface area contributed by atoms with Crippen LogP contribution in [-0.4, -0.2) is 34.9 Å². The van der Waals surface area contributed by atoms with Crippen molar-refractivity contribution in [3.63, 3.8) is 0 Å². The van der Waals surface area contributed by atoms with Crippen LogP contribution in [0.4, 0.5) is 0 Å². The summed E-state index contributed by atoms with van der Waals surface area (Å²) in [6, 6.07) is 0. The molecule has 2 N–H and O–H groups in total. The lowest BCUT2D eigenvalue weighted by molar-refractivity contribution is -0.142. The van der Waals surface area contributed by atoms with Gasteiger partial charge in [-0.2, -0.15) is 0 Å². The molecule has 0 spiro atoms. The van der Waals surface area contributed by atoms with Crippen molar-refractivity contribution in [2.45, 2.75) is 52.7 Å². The zero-order valence-electron chi connectivity index (χ0n) is 15.3. The molecule has 1 fully saturated rings. The van der Waals surface area contributed by atoms with Crippen molar-refractivity contribution in [3.05, 3.63) is 39.5 Å². The lowest BCUT2D eigenvalue weighted by Gasteiger charge is -2.18. The lowest BCUT2D eigenvalue weighted by Crippen LogP contribution is -2.25. The molecule has 1 aromatic carbocycles. The Morgan fingerprint density at radius 3 is 2.73 bits per heavy atom. The first kappa shape index (κ1) is 18.5. The molecular formula is C20H24O6. The van der Waals surface area contributed by atoms with Gasteiger partial charge in [0.15, 0.2) is 0 Å². The Morgan fingerprint density at radius 1 is 1.35 bits per heavy atom. The van der Waals surface area contributed by atoms with Crippen LogP contribution in [0.15, 0.2) is 11.6 Å². The summed E-state index contributed by atoms with van der Waals surface area (Å²) in [7, 11) is 0. The van der Waals surface area contributed by atoms with Crippen LogP contribution >= 0.6 is 0 Å². The standard InChI is InChI=1S/C20H24O6/c1-4-12-11(3)15-9-26-20(24)16(15)17(21)13(12)6-5-10(2)18-14(19(22)23)7-8-25-18/h5,14,18,21H,4,6-9H2,1-3H3,(H,22,23). The van der Waals surface area contributed by atoms with E-state index >= 15 is 0 Å². The Hall–Kier alpha value is -2.34. The number of esters is 1. The fourth-order valence-corrected chi connectivity index (χ4v) is 4.01. The number of hydrogen-bond donors (Lipinski definition) is 2. The molecule has 2 unspecified atom stereocenters. The topological polar surface area (TPSA) is 93.1 Å². The van der Waals surface area contributed by atoms with Gasteiger partial charge in [-0.25, -0.2) is 4.79 Å². The van der Waals surface area contributed by atoms with E-state index in [0.717, 1.165) is 28.7 Å². The van der Waals surface area contributed by atoms with Crippen molar-refractivity contribution < 1.29 is 29.3 Å². The van der Waals surface area contributed by atoms with Gasteiger partial charge in [-0.15, -0.1) is 0 Å². The number of ether oxygens (including phenoxy) is 2. The molecule has 6 nitrogen and oxygen atoms in total. The van der Waals surface area contributed by atoms with Crippen LogP contribution in [-0.2, 0) is 33.7 Å². The highest BCUT2D eigenvalue weighted by atomic mass is 16.5. The molecule has 6 heteroatoms. The highest BCUT2D eigenvalue weighted by Crippen LogP contribution is 2.38. The van der Waals surface area contributed by atoms with Crippen molar-refractivity contribution in [2.24, 2.45) is 5.92 Å². The van der Waals surface area contributed by atoms with E-state index in [9.17, 15) is 19.8 Å². The molecule has 0 aliphatic carbocycles. The minimum atomic E-state index is -0.853. The van der Waals surface area contributed by atoms with Crippen LogP contribution in [0.3, 0.4) is 0 Å². The number of carbonyl (C=O) groups excluding carboxylic acids is 1. The molecule has 2 aliphatic rings. The number of aromatic hydroxyl groups is 1. The van der Waals surface area contributed by atoms with Crippen LogP contribution in [0, 0.1) is 12.8 Å². The molecule has 3 rings (SSSR count). The van der Waals surface area contributed by atoms with Gasteiger partial charge in [0.1, 0.15) is 17.9 Å². The molecule has 1 saturated heterocycles. The second-order valence-corrected chi connectivity index (χ2v) is 6.89. The molecule has 2 atom stereocenters. The number of allylic oxidation sites excluding steroid dienone is 1. The van der Waals surface area contributed by atoms with Crippen molar-refractivity contribution in [3.8, 4) is 5.75 Å². The number of aliphatic carboxylic acids is 1. The fraction of sp³-hybridized carbons (Fsp3) is 0.500. The molecule has 140 valence electrons. The molecule has 1 aromatic rings.